The molecule has 0 aromatic rings. The number of rotatable bonds is 9. The van der Waals surface area contributed by atoms with Gasteiger partial charge in [0.1, 0.15) is 0 Å². The fourth-order valence-electron chi connectivity index (χ4n) is 1.70. The van der Waals surface area contributed by atoms with Gasteiger partial charge in [0.05, 0.1) is 0 Å². The van der Waals surface area contributed by atoms with Gasteiger partial charge in [0.15, 0.2) is 0 Å². The second kappa shape index (κ2) is 9.13. The zero-order valence-corrected chi connectivity index (χ0v) is 10.6. The maximum Gasteiger partial charge on any atom is 0.0477 e. The molecule has 92 valence electrons. The van der Waals surface area contributed by atoms with Gasteiger partial charge in [-0.25, -0.2) is 0 Å². The van der Waals surface area contributed by atoms with Crippen LogP contribution >= 0.6 is 0 Å². The second-order valence-electron chi connectivity index (χ2n) is 4.57. The summed E-state index contributed by atoms with van der Waals surface area (Å²) < 4.78 is 5.11. The molecule has 0 heterocycles. The summed E-state index contributed by atoms with van der Waals surface area (Å²) in [7, 11) is 1.74. The number of hydrogen-bond donors (Lipinski definition) is 2. The van der Waals surface area contributed by atoms with E-state index < -0.39 is 0 Å². The van der Waals surface area contributed by atoms with Gasteiger partial charge in [-0.05, 0) is 32.1 Å². The average Bonchev–Trinajstić information content (AvgIpc) is 2.20. The van der Waals surface area contributed by atoms with Gasteiger partial charge in [-0.3, -0.25) is 0 Å². The Kier molecular flexibility index (Phi) is 9.06. The highest BCUT2D eigenvalue weighted by Crippen LogP contribution is 2.09. The van der Waals surface area contributed by atoms with Crippen LogP contribution < -0.4 is 5.32 Å². The summed E-state index contributed by atoms with van der Waals surface area (Å²) in [5.74, 6) is 0.622. The third kappa shape index (κ3) is 7.77. The van der Waals surface area contributed by atoms with Crippen molar-refractivity contribution in [2.45, 2.75) is 52.1 Å². The van der Waals surface area contributed by atoms with E-state index in [-0.39, 0.29) is 6.61 Å². The van der Waals surface area contributed by atoms with Crippen molar-refractivity contribution in [3.63, 3.8) is 0 Å². The highest BCUT2D eigenvalue weighted by atomic mass is 16.5. The largest absolute Gasteiger partial charge is 0.396 e. The Morgan fingerprint density at radius 3 is 2.33 bits per heavy atom. The van der Waals surface area contributed by atoms with Crippen LogP contribution in [0.1, 0.15) is 40.0 Å². The number of ether oxygens (including phenoxy) is 1. The highest BCUT2D eigenvalue weighted by molar-refractivity contribution is 4.74. The Morgan fingerprint density at radius 2 is 1.87 bits per heavy atom. The smallest absolute Gasteiger partial charge is 0.0477 e. The molecule has 3 heteroatoms. The van der Waals surface area contributed by atoms with Crippen molar-refractivity contribution in [3.8, 4) is 0 Å². The van der Waals surface area contributed by atoms with Crippen LogP contribution in [-0.2, 0) is 4.74 Å². The normalized spacial score (nSPS) is 15.6. The van der Waals surface area contributed by atoms with E-state index in [0.717, 1.165) is 25.9 Å². The fourth-order valence-corrected chi connectivity index (χ4v) is 1.70. The highest BCUT2D eigenvalue weighted by Gasteiger charge is 2.15. The van der Waals surface area contributed by atoms with Crippen LogP contribution in [0.5, 0.6) is 0 Å². The molecule has 0 aliphatic carbocycles. The second-order valence-corrected chi connectivity index (χ2v) is 4.57. The minimum absolute atomic E-state index is 0.288. The first kappa shape index (κ1) is 14.9. The predicted molar refractivity (Wildman–Crippen MR) is 64.0 cm³/mol. The van der Waals surface area contributed by atoms with Crippen LogP contribution in [0.2, 0.25) is 0 Å². The standard InChI is InChI=1S/C12H27NO2/c1-10(2)12(7-9-15-4)13-11(3)6-5-8-14/h10-14H,5-9H2,1-4H3. The van der Waals surface area contributed by atoms with E-state index in [4.69, 9.17) is 9.84 Å². The van der Waals surface area contributed by atoms with Crippen molar-refractivity contribution in [2.75, 3.05) is 20.3 Å². The van der Waals surface area contributed by atoms with E-state index >= 15 is 0 Å². The molecule has 2 unspecified atom stereocenters. The topological polar surface area (TPSA) is 41.5 Å². The monoisotopic (exact) mass is 217 g/mol. The lowest BCUT2D eigenvalue weighted by Gasteiger charge is -2.26. The molecular formula is C12H27NO2. The minimum Gasteiger partial charge on any atom is -0.396 e. The van der Waals surface area contributed by atoms with E-state index in [2.05, 4.69) is 26.1 Å². The SMILES string of the molecule is COCCC(NC(C)CCCO)C(C)C. The maximum atomic E-state index is 8.75. The van der Waals surface area contributed by atoms with Crippen molar-refractivity contribution in [2.24, 2.45) is 5.92 Å². The van der Waals surface area contributed by atoms with E-state index in [0.29, 0.717) is 18.0 Å². The number of nitrogens with one attached hydrogen (secondary N) is 1. The molecule has 0 aromatic carbocycles. The van der Waals surface area contributed by atoms with Crippen molar-refractivity contribution in [1.82, 2.24) is 5.32 Å². The zero-order chi connectivity index (χ0) is 11.7. The molecular weight excluding hydrogens is 190 g/mol. The molecule has 0 rings (SSSR count). The zero-order valence-electron chi connectivity index (χ0n) is 10.6. The third-order valence-electron chi connectivity index (χ3n) is 2.73. The van der Waals surface area contributed by atoms with Crippen LogP contribution in [0.4, 0.5) is 0 Å². The van der Waals surface area contributed by atoms with Gasteiger partial charge in [0, 0.05) is 32.4 Å². The molecule has 0 fully saturated rings. The first-order chi connectivity index (χ1) is 7.11. The Labute approximate surface area is 94.2 Å². The Hall–Kier alpha value is -0.120. The maximum absolute atomic E-state index is 8.75. The van der Waals surface area contributed by atoms with Gasteiger partial charge in [-0.1, -0.05) is 13.8 Å². The molecule has 0 saturated carbocycles. The van der Waals surface area contributed by atoms with Crippen molar-refractivity contribution in [1.29, 1.82) is 0 Å². The molecule has 0 radical (unpaired) electrons. The summed E-state index contributed by atoms with van der Waals surface area (Å²) in [4.78, 5) is 0. The summed E-state index contributed by atoms with van der Waals surface area (Å²) in [6.07, 6.45) is 2.97. The van der Waals surface area contributed by atoms with E-state index in [1.54, 1.807) is 7.11 Å². The number of hydrogen-bond acceptors (Lipinski definition) is 3. The van der Waals surface area contributed by atoms with E-state index in [1.165, 1.54) is 0 Å². The Balaban J connectivity index is 3.81. The molecule has 3 nitrogen and oxygen atoms in total. The lowest BCUT2D eigenvalue weighted by Crippen LogP contribution is -2.40. The van der Waals surface area contributed by atoms with Gasteiger partial charge in [-0.2, -0.15) is 0 Å². The molecule has 15 heavy (non-hydrogen) atoms. The third-order valence-corrected chi connectivity index (χ3v) is 2.73. The fraction of sp³-hybridized carbons (Fsp3) is 1.00. The van der Waals surface area contributed by atoms with Crippen LogP contribution in [0, 0.1) is 5.92 Å². The van der Waals surface area contributed by atoms with Gasteiger partial charge in [0.2, 0.25) is 0 Å². The van der Waals surface area contributed by atoms with Gasteiger partial charge in [-0.15, -0.1) is 0 Å². The summed E-state index contributed by atoms with van der Waals surface area (Å²) in [6, 6.07) is 0.986. The van der Waals surface area contributed by atoms with E-state index in [1.807, 2.05) is 0 Å². The molecule has 0 saturated heterocycles. The summed E-state index contributed by atoms with van der Waals surface area (Å²) in [5.41, 5.74) is 0. The number of aliphatic hydroxyl groups is 1. The van der Waals surface area contributed by atoms with Gasteiger partial charge < -0.3 is 15.2 Å². The number of methoxy groups -OCH3 is 1. The predicted octanol–water partition coefficient (Wildman–Crippen LogP) is 1.80. The lowest BCUT2D eigenvalue weighted by molar-refractivity contribution is 0.169. The molecule has 0 aliphatic heterocycles. The summed E-state index contributed by atoms with van der Waals surface area (Å²) in [5, 5.41) is 12.3. The van der Waals surface area contributed by atoms with Crippen LogP contribution in [0.25, 0.3) is 0 Å². The first-order valence-electron chi connectivity index (χ1n) is 5.97. The Bertz CT molecular complexity index is 140. The van der Waals surface area contributed by atoms with Gasteiger partial charge >= 0.3 is 0 Å². The van der Waals surface area contributed by atoms with Crippen LogP contribution in [0.15, 0.2) is 0 Å². The minimum atomic E-state index is 0.288. The lowest BCUT2D eigenvalue weighted by atomic mass is 9.99. The van der Waals surface area contributed by atoms with Crippen molar-refractivity contribution >= 4 is 0 Å². The summed E-state index contributed by atoms with van der Waals surface area (Å²) >= 11 is 0. The van der Waals surface area contributed by atoms with Gasteiger partial charge in [0.25, 0.3) is 0 Å². The van der Waals surface area contributed by atoms with E-state index in [9.17, 15) is 0 Å². The number of aliphatic hydroxyl groups excluding tert-OH is 1. The molecule has 0 aliphatic rings. The molecule has 2 atom stereocenters. The molecule has 0 aromatic heterocycles. The van der Waals surface area contributed by atoms with Crippen LogP contribution in [0.3, 0.4) is 0 Å². The van der Waals surface area contributed by atoms with Crippen molar-refractivity contribution in [3.05, 3.63) is 0 Å². The Morgan fingerprint density at radius 1 is 1.20 bits per heavy atom. The summed E-state index contributed by atoms with van der Waals surface area (Å²) in [6.45, 7) is 7.73. The average molecular weight is 217 g/mol. The quantitative estimate of drug-likeness (QED) is 0.619. The molecule has 0 spiro atoms. The molecule has 0 amide bonds. The molecule has 0 bridgehead atoms. The first-order valence-corrected chi connectivity index (χ1v) is 5.97. The van der Waals surface area contributed by atoms with Crippen LogP contribution in [-0.4, -0.2) is 37.5 Å². The molecule has 2 N–H and O–H groups in total. The van der Waals surface area contributed by atoms with Crippen molar-refractivity contribution < 1.29 is 9.84 Å².